The third kappa shape index (κ3) is 4.50. The molecule has 0 radical (unpaired) electrons. The number of anilines is 6. The highest BCUT2D eigenvalue weighted by atomic mass is 32.2. The smallest absolute Gasteiger partial charge is 0.0601 e. The Morgan fingerprint density at radius 2 is 0.915 bits per heavy atom. The Morgan fingerprint density at radius 1 is 0.373 bits per heavy atom. The number of rotatable bonds is 3. The molecule has 3 nitrogen and oxygen atoms in total. The lowest BCUT2D eigenvalue weighted by Crippen LogP contribution is -2.30. The van der Waals surface area contributed by atoms with Crippen LogP contribution in [-0.4, -0.2) is 4.57 Å². The molecule has 11 aromatic rings. The average molecular weight is 772 g/mol. The lowest BCUT2D eigenvalue weighted by atomic mass is 9.73. The maximum Gasteiger partial charge on any atom is 0.0601 e. The Balaban J connectivity index is 1.10. The molecule has 0 saturated heterocycles. The molecule has 0 unspecified atom stereocenters. The molecule has 0 bridgehead atoms. The summed E-state index contributed by atoms with van der Waals surface area (Å²) in [5, 5.41) is 10.2. The molecule has 13 rings (SSSR count). The third-order valence-corrected chi connectivity index (χ3v) is 14.2. The molecule has 0 spiro atoms. The highest BCUT2D eigenvalue weighted by Gasteiger charge is 2.38. The van der Waals surface area contributed by atoms with Crippen LogP contribution in [0.3, 0.4) is 0 Å². The van der Waals surface area contributed by atoms with Crippen molar-refractivity contribution in [2.75, 3.05) is 9.80 Å². The summed E-state index contributed by atoms with van der Waals surface area (Å²) in [7, 11) is 0. The number of fused-ring (bicyclic) bond motifs is 7. The van der Waals surface area contributed by atoms with Crippen molar-refractivity contribution >= 4 is 100 Å². The second kappa shape index (κ2) is 12.0. The fourth-order valence-corrected chi connectivity index (χ4v) is 11.5. The maximum absolute atomic E-state index is 2.56. The van der Waals surface area contributed by atoms with Gasteiger partial charge in [0.2, 0.25) is 0 Å². The van der Waals surface area contributed by atoms with E-state index in [1.165, 1.54) is 109 Å². The van der Waals surface area contributed by atoms with Crippen LogP contribution in [0.4, 0.5) is 34.1 Å². The van der Waals surface area contributed by atoms with Crippen LogP contribution in [-0.2, 0) is 5.41 Å². The molecular formula is C55H37N3S. The molecule has 0 N–H and O–H groups in total. The number of para-hydroxylation sites is 5. The average Bonchev–Trinajstić information content (AvgIpc) is 3.61. The first-order valence-electron chi connectivity index (χ1n) is 20.4. The number of benzene rings is 10. The highest BCUT2D eigenvalue weighted by Crippen LogP contribution is 2.57. The van der Waals surface area contributed by atoms with Crippen molar-refractivity contribution in [3.05, 3.63) is 199 Å². The van der Waals surface area contributed by atoms with E-state index in [4.69, 9.17) is 0 Å². The van der Waals surface area contributed by atoms with Crippen molar-refractivity contribution in [2.45, 2.75) is 29.1 Å². The Hall–Kier alpha value is -7.01. The second-order valence-corrected chi connectivity index (χ2v) is 17.6. The monoisotopic (exact) mass is 771 g/mol. The van der Waals surface area contributed by atoms with Crippen LogP contribution < -0.4 is 9.80 Å². The van der Waals surface area contributed by atoms with E-state index in [-0.39, 0.29) is 5.41 Å². The predicted octanol–water partition coefficient (Wildman–Crippen LogP) is 15.7. The van der Waals surface area contributed by atoms with Gasteiger partial charge in [-0.15, -0.1) is 0 Å². The van der Waals surface area contributed by atoms with E-state index in [1.807, 2.05) is 11.8 Å². The van der Waals surface area contributed by atoms with Gasteiger partial charge in [0, 0.05) is 42.4 Å². The summed E-state index contributed by atoms with van der Waals surface area (Å²) in [4.78, 5) is 7.57. The minimum Gasteiger partial charge on any atom is -0.309 e. The van der Waals surface area contributed by atoms with Gasteiger partial charge in [0.25, 0.3) is 0 Å². The SMILES string of the molecule is CC1(C)c2ccccc2N(c2ccc3ccc4c(N5c6ccccc6Sc6ccccc65)ccc5ccc2c3c54)c2cc3c(cc21)c1ccccc1n3-c1ccccc1. The summed E-state index contributed by atoms with van der Waals surface area (Å²) in [5.74, 6) is 0. The maximum atomic E-state index is 2.56. The van der Waals surface area contributed by atoms with Crippen molar-refractivity contribution in [3.63, 3.8) is 0 Å². The minimum absolute atomic E-state index is 0.232. The molecule has 3 heterocycles. The van der Waals surface area contributed by atoms with Crippen molar-refractivity contribution in [3.8, 4) is 5.69 Å². The molecule has 1 aromatic heterocycles. The van der Waals surface area contributed by atoms with Crippen LogP contribution in [0.25, 0.3) is 59.8 Å². The van der Waals surface area contributed by atoms with Gasteiger partial charge in [-0.1, -0.05) is 141 Å². The first kappa shape index (κ1) is 33.0. The molecule has 0 fully saturated rings. The molecule has 59 heavy (non-hydrogen) atoms. The largest absolute Gasteiger partial charge is 0.309 e. The molecule has 0 aliphatic carbocycles. The fourth-order valence-electron chi connectivity index (χ4n) is 10.4. The van der Waals surface area contributed by atoms with Gasteiger partial charge in [0.1, 0.15) is 0 Å². The third-order valence-electron chi connectivity index (χ3n) is 13.1. The molecule has 0 atom stereocenters. The van der Waals surface area contributed by atoms with E-state index in [9.17, 15) is 0 Å². The first-order chi connectivity index (χ1) is 29.0. The van der Waals surface area contributed by atoms with Crippen LogP contribution in [0, 0.1) is 0 Å². The first-order valence-corrected chi connectivity index (χ1v) is 21.3. The normalized spacial score (nSPS) is 14.3. The van der Waals surface area contributed by atoms with Gasteiger partial charge < -0.3 is 14.4 Å². The van der Waals surface area contributed by atoms with E-state index in [0.29, 0.717) is 0 Å². The summed E-state index contributed by atoms with van der Waals surface area (Å²) >= 11 is 1.85. The topological polar surface area (TPSA) is 11.4 Å². The van der Waals surface area contributed by atoms with Gasteiger partial charge in [-0.05, 0) is 105 Å². The van der Waals surface area contributed by atoms with Crippen LogP contribution in [0.5, 0.6) is 0 Å². The number of hydrogen-bond donors (Lipinski definition) is 0. The number of hydrogen-bond acceptors (Lipinski definition) is 3. The van der Waals surface area contributed by atoms with E-state index in [1.54, 1.807) is 0 Å². The molecule has 2 aliphatic heterocycles. The minimum atomic E-state index is -0.232. The van der Waals surface area contributed by atoms with E-state index in [2.05, 4.69) is 216 Å². The summed E-state index contributed by atoms with van der Waals surface area (Å²) in [5.41, 5.74) is 13.3. The van der Waals surface area contributed by atoms with Crippen molar-refractivity contribution < 1.29 is 0 Å². The zero-order valence-corrected chi connectivity index (χ0v) is 33.5. The van der Waals surface area contributed by atoms with E-state index < -0.39 is 0 Å². The lowest BCUT2D eigenvalue weighted by molar-refractivity contribution is 0.633. The Bertz CT molecular complexity index is 3480. The second-order valence-electron chi connectivity index (χ2n) is 16.5. The van der Waals surface area contributed by atoms with Crippen LogP contribution >= 0.6 is 11.8 Å². The molecule has 10 aromatic carbocycles. The Labute approximate surface area is 346 Å². The molecule has 0 amide bonds. The molecular weight excluding hydrogens is 735 g/mol. The van der Waals surface area contributed by atoms with Crippen molar-refractivity contribution in [2.24, 2.45) is 0 Å². The summed E-state index contributed by atoms with van der Waals surface area (Å²) in [6, 6.07) is 70.0. The summed E-state index contributed by atoms with van der Waals surface area (Å²) in [6.07, 6.45) is 0. The van der Waals surface area contributed by atoms with Crippen LogP contribution in [0.15, 0.2) is 198 Å². The van der Waals surface area contributed by atoms with Gasteiger partial charge in [0.05, 0.1) is 45.2 Å². The zero-order valence-electron chi connectivity index (χ0n) is 32.6. The molecule has 2 aliphatic rings. The highest BCUT2D eigenvalue weighted by molar-refractivity contribution is 7.99. The summed E-state index contributed by atoms with van der Waals surface area (Å²) in [6.45, 7) is 4.79. The Morgan fingerprint density at radius 3 is 1.59 bits per heavy atom. The molecule has 4 heteroatoms. The number of nitrogens with zero attached hydrogens (tertiary/aromatic N) is 3. The predicted molar refractivity (Wildman–Crippen MR) is 250 cm³/mol. The van der Waals surface area contributed by atoms with Crippen LogP contribution in [0.1, 0.15) is 25.0 Å². The number of aromatic nitrogens is 1. The van der Waals surface area contributed by atoms with Crippen LogP contribution in [0.2, 0.25) is 0 Å². The Kier molecular flexibility index (Phi) is 6.72. The molecule has 278 valence electrons. The van der Waals surface area contributed by atoms with E-state index >= 15 is 0 Å². The van der Waals surface area contributed by atoms with Gasteiger partial charge in [0.15, 0.2) is 0 Å². The standard InChI is InChI=1S/C55H37N3S/c1-55(2)41-17-7-9-19-46(41)57(50-33-49-40(32-42(50)55)37-16-6-8-18-43(37)56(49)36-14-4-3-5-15-36)44-30-26-34-25-29-39-45(31-27-35-24-28-38(44)53(34)54(35)39)58-47-20-10-12-22-51(47)59-52-23-13-11-21-48(52)58/h3-33H,1-2H3. The van der Waals surface area contributed by atoms with Gasteiger partial charge in [-0.2, -0.15) is 0 Å². The summed E-state index contributed by atoms with van der Waals surface area (Å²) < 4.78 is 2.44. The fraction of sp³-hybridized carbons (Fsp3) is 0.0545. The molecule has 0 saturated carbocycles. The zero-order chi connectivity index (χ0) is 39.0. The lowest BCUT2D eigenvalue weighted by Gasteiger charge is -2.42. The van der Waals surface area contributed by atoms with Crippen molar-refractivity contribution in [1.82, 2.24) is 4.57 Å². The van der Waals surface area contributed by atoms with Gasteiger partial charge in [-0.3, -0.25) is 0 Å². The van der Waals surface area contributed by atoms with E-state index in [0.717, 1.165) is 5.69 Å². The van der Waals surface area contributed by atoms with Gasteiger partial charge >= 0.3 is 0 Å². The van der Waals surface area contributed by atoms with Gasteiger partial charge in [-0.25, -0.2) is 0 Å². The van der Waals surface area contributed by atoms with Crippen molar-refractivity contribution in [1.29, 1.82) is 0 Å². The quantitative estimate of drug-likeness (QED) is 0.166.